The molecule has 1 atom stereocenters. The Balaban J connectivity index is 2.48. The van der Waals surface area contributed by atoms with Crippen LogP contribution >= 0.6 is 31.9 Å². The second-order valence-corrected chi connectivity index (χ2v) is 5.90. The third kappa shape index (κ3) is 2.78. The van der Waals surface area contributed by atoms with E-state index in [0.717, 1.165) is 15.8 Å². The lowest BCUT2D eigenvalue weighted by Crippen LogP contribution is -1.98. The van der Waals surface area contributed by atoms with E-state index >= 15 is 0 Å². The standard InChI is InChI=1S/C15H14Br2O/c1-10-7-8-14(18-2)12(9-10)15(17)11-5-3-4-6-13(11)16/h3-9,15H,1-2H3. The van der Waals surface area contributed by atoms with Crippen molar-refractivity contribution in [3.63, 3.8) is 0 Å². The number of rotatable bonds is 3. The molecule has 0 radical (unpaired) electrons. The Labute approximate surface area is 124 Å². The molecule has 0 amide bonds. The van der Waals surface area contributed by atoms with Crippen molar-refractivity contribution in [2.45, 2.75) is 11.8 Å². The molecule has 94 valence electrons. The lowest BCUT2D eigenvalue weighted by atomic mass is 10.0. The monoisotopic (exact) mass is 368 g/mol. The van der Waals surface area contributed by atoms with E-state index in [0.29, 0.717) is 0 Å². The van der Waals surface area contributed by atoms with E-state index in [1.807, 2.05) is 24.3 Å². The first kappa shape index (κ1) is 13.6. The molecule has 0 N–H and O–H groups in total. The number of alkyl halides is 1. The average Bonchev–Trinajstić information content (AvgIpc) is 2.38. The van der Waals surface area contributed by atoms with Gasteiger partial charge in [-0.25, -0.2) is 0 Å². The Bertz CT molecular complexity index is 552. The fourth-order valence-corrected chi connectivity index (χ4v) is 3.48. The lowest BCUT2D eigenvalue weighted by molar-refractivity contribution is 0.410. The van der Waals surface area contributed by atoms with Crippen LogP contribution in [0.3, 0.4) is 0 Å². The zero-order chi connectivity index (χ0) is 13.1. The van der Waals surface area contributed by atoms with Crippen molar-refractivity contribution in [2.24, 2.45) is 0 Å². The third-order valence-corrected chi connectivity index (χ3v) is 4.55. The van der Waals surface area contributed by atoms with Crippen molar-refractivity contribution in [3.8, 4) is 5.75 Å². The largest absolute Gasteiger partial charge is 0.496 e. The van der Waals surface area contributed by atoms with Gasteiger partial charge in [-0.05, 0) is 24.6 Å². The molecule has 2 aromatic rings. The quantitative estimate of drug-likeness (QED) is 0.671. The minimum Gasteiger partial charge on any atom is -0.496 e. The Hall–Kier alpha value is -0.800. The van der Waals surface area contributed by atoms with Crippen LogP contribution in [0.25, 0.3) is 0 Å². The molecule has 0 aliphatic rings. The molecule has 0 bridgehead atoms. The van der Waals surface area contributed by atoms with Gasteiger partial charge in [-0.15, -0.1) is 0 Å². The van der Waals surface area contributed by atoms with Crippen LogP contribution in [-0.4, -0.2) is 7.11 Å². The van der Waals surface area contributed by atoms with Gasteiger partial charge < -0.3 is 4.74 Å². The van der Waals surface area contributed by atoms with E-state index in [4.69, 9.17) is 4.74 Å². The molecule has 2 aromatic carbocycles. The van der Waals surface area contributed by atoms with Gasteiger partial charge >= 0.3 is 0 Å². The summed E-state index contributed by atoms with van der Waals surface area (Å²) < 4.78 is 6.53. The second-order valence-electron chi connectivity index (χ2n) is 4.13. The summed E-state index contributed by atoms with van der Waals surface area (Å²) in [5.74, 6) is 0.901. The van der Waals surface area contributed by atoms with Crippen LogP contribution in [0.4, 0.5) is 0 Å². The molecule has 0 aliphatic carbocycles. The number of ether oxygens (including phenoxy) is 1. The highest BCUT2D eigenvalue weighted by Crippen LogP contribution is 2.39. The topological polar surface area (TPSA) is 9.23 Å². The number of aryl methyl sites for hydroxylation is 1. The molecule has 0 spiro atoms. The van der Waals surface area contributed by atoms with Crippen molar-refractivity contribution in [2.75, 3.05) is 7.11 Å². The molecule has 3 heteroatoms. The molecule has 0 aliphatic heterocycles. The Morgan fingerprint density at radius 1 is 1.06 bits per heavy atom. The van der Waals surface area contributed by atoms with E-state index in [2.05, 4.69) is 57.0 Å². The van der Waals surface area contributed by atoms with Crippen molar-refractivity contribution in [3.05, 3.63) is 63.6 Å². The van der Waals surface area contributed by atoms with Gasteiger partial charge in [-0.3, -0.25) is 0 Å². The number of halogens is 2. The molecule has 0 heterocycles. The summed E-state index contributed by atoms with van der Waals surface area (Å²) in [6.45, 7) is 2.09. The molecule has 0 saturated heterocycles. The van der Waals surface area contributed by atoms with E-state index in [1.54, 1.807) is 7.11 Å². The number of hydrogen-bond acceptors (Lipinski definition) is 1. The van der Waals surface area contributed by atoms with E-state index < -0.39 is 0 Å². The predicted molar refractivity (Wildman–Crippen MR) is 82.6 cm³/mol. The van der Waals surface area contributed by atoms with Crippen LogP contribution in [0.15, 0.2) is 46.9 Å². The van der Waals surface area contributed by atoms with Gasteiger partial charge in [-0.2, -0.15) is 0 Å². The summed E-state index contributed by atoms with van der Waals surface area (Å²) in [7, 11) is 1.70. The van der Waals surface area contributed by atoms with Crippen LogP contribution in [0.5, 0.6) is 5.75 Å². The summed E-state index contributed by atoms with van der Waals surface area (Å²) in [6.07, 6.45) is 0. The van der Waals surface area contributed by atoms with E-state index in [-0.39, 0.29) is 4.83 Å². The first-order valence-corrected chi connectivity index (χ1v) is 7.37. The smallest absolute Gasteiger partial charge is 0.123 e. The maximum atomic E-state index is 5.44. The maximum Gasteiger partial charge on any atom is 0.123 e. The van der Waals surface area contributed by atoms with Crippen LogP contribution in [0.2, 0.25) is 0 Å². The van der Waals surface area contributed by atoms with Crippen molar-refractivity contribution >= 4 is 31.9 Å². The first-order chi connectivity index (χ1) is 8.63. The van der Waals surface area contributed by atoms with E-state index in [1.165, 1.54) is 11.1 Å². The fraction of sp³-hybridized carbons (Fsp3) is 0.200. The SMILES string of the molecule is COc1ccc(C)cc1C(Br)c1ccccc1Br. The zero-order valence-corrected chi connectivity index (χ0v) is 13.5. The number of benzene rings is 2. The molecular weight excluding hydrogens is 356 g/mol. The highest BCUT2D eigenvalue weighted by atomic mass is 79.9. The molecule has 0 fully saturated rings. The Kier molecular flexibility index (Phi) is 4.46. The molecule has 1 unspecified atom stereocenters. The number of hydrogen-bond donors (Lipinski definition) is 0. The van der Waals surface area contributed by atoms with E-state index in [9.17, 15) is 0 Å². The van der Waals surface area contributed by atoms with Gasteiger partial charge in [0, 0.05) is 10.0 Å². The predicted octanol–water partition coefficient (Wildman–Crippen LogP) is 5.25. The second kappa shape index (κ2) is 5.89. The molecular formula is C15H14Br2O. The lowest BCUT2D eigenvalue weighted by Gasteiger charge is -2.16. The minimum absolute atomic E-state index is 0.114. The summed E-state index contributed by atoms with van der Waals surface area (Å²) in [5, 5.41) is 0. The van der Waals surface area contributed by atoms with Gasteiger partial charge in [0.2, 0.25) is 0 Å². The third-order valence-electron chi connectivity index (χ3n) is 2.84. The fourth-order valence-electron chi connectivity index (χ4n) is 1.90. The van der Waals surface area contributed by atoms with Gasteiger partial charge in [0.25, 0.3) is 0 Å². The van der Waals surface area contributed by atoms with Gasteiger partial charge in [0.1, 0.15) is 5.75 Å². The highest BCUT2D eigenvalue weighted by molar-refractivity contribution is 9.11. The van der Waals surface area contributed by atoms with Crippen LogP contribution in [-0.2, 0) is 0 Å². The van der Waals surface area contributed by atoms with Gasteiger partial charge in [0.05, 0.1) is 11.9 Å². The normalized spacial score (nSPS) is 12.2. The van der Waals surface area contributed by atoms with Crippen molar-refractivity contribution in [1.82, 2.24) is 0 Å². The highest BCUT2D eigenvalue weighted by Gasteiger charge is 2.17. The summed E-state index contributed by atoms with van der Waals surface area (Å²) in [4.78, 5) is 0.114. The zero-order valence-electron chi connectivity index (χ0n) is 10.3. The molecule has 0 aromatic heterocycles. The van der Waals surface area contributed by atoms with Gasteiger partial charge in [-0.1, -0.05) is 67.8 Å². The van der Waals surface area contributed by atoms with Crippen molar-refractivity contribution in [1.29, 1.82) is 0 Å². The van der Waals surface area contributed by atoms with Crippen molar-refractivity contribution < 1.29 is 4.74 Å². The number of methoxy groups -OCH3 is 1. The summed E-state index contributed by atoms with van der Waals surface area (Å²) in [6, 6.07) is 14.4. The summed E-state index contributed by atoms with van der Waals surface area (Å²) >= 11 is 7.35. The first-order valence-electron chi connectivity index (χ1n) is 5.66. The Morgan fingerprint density at radius 2 is 1.78 bits per heavy atom. The van der Waals surface area contributed by atoms with Crippen LogP contribution in [0, 0.1) is 6.92 Å². The maximum absolute atomic E-state index is 5.44. The Morgan fingerprint density at radius 3 is 2.44 bits per heavy atom. The molecule has 18 heavy (non-hydrogen) atoms. The average molecular weight is 370 g/mol. The molecule has 0 saturated carbocycles. The van der Waals surface area contributed by atoms with Gasteiger partial charge in [0.15, 0.2) is 0 Å². The summed E-state index contributed by atoms with van der Waals surface area (Å²) in [5.41, 5.74) is 3.56. The molecule has 2 rings (SSSR count). The van der Waals surface area contributed by atoms with Crippen LogP contribution < -0.4 is 4.74 Å². The minimum atomic E-state index is 0.114. The molecule has 1 nitrogen and oxygen atoms in total. The van der Waals surface area contributed by atoms with Crippen LogP contribution in [0.1, 0.15) is 21.5 Å².